The van der Waals surface area contributed by atoms with Gasteiger partial charge in [0.2, 0.25) is 5.91 Å². The fourth-order valence-corrected chi connectivity index (χ4v) is 2.93. The van der Waals surface area contributed by atoms with Crippen LogP contribution in [0.15, 0.2) is 58.4 Å². The number of pyridine rings is 1. The van der Waals surface area contributed by atoms with E-state index in [0.29, 0.717) is 43.3 Å². The quantitative estimate of drug-likeness (QED) is 0.596. The number of carbonyl (C=O) groups is 1. The van der Waals surface area contributed by atoms with Gasteiger partial charge in [-0.25, -0.2) is 4.79 Å². The Morgan fingerprint density at radius 3 is 2.74 bits per heavy atom. The first-order valence-corrected chi connectivity index (χ1v) is 9.02. The van der Waals surface area contributed by atoms with Crippen LogP contribution < -0.4 is 16.6 Å². The molecule has 2 N–H and O–H groups in total. The van der Waals surface area contributed by atoms with E-state index >= 15 is 0 Å². The number of nitrogens with one attached hydrogen (secondary N) is 2. The zero-order chi connectivity index (χ0) is 19.1. The Balaban J connectivity index is 1.44. The number of benzene rings is 1. The topological polar surface area (TPSA) is 96.9 Å². The summed E-state index contributed by atoms with van der Waals surface area (Å²) in [6.07, 6.45) is 5.97. The van der Waals surface area contributed by atoms with Crippen LogP contribution in [0.2, 0.25) is 0 Å². The van der Waals surface area contributed by atoms with Crippen molar-refractivity contribution in [3.8, 4) is 0 Å². The van der Waals surface area contributed by atoms with Gasteiger partial charge in [0, 0.05) is 31.9 Å². The molecule has 0 spiro atoms. The van der Waals surface area contributed by atoms with Gasteiger partial charge in [0.25, 0.3) is 5.56 Å². The molecule has 7 nitrogen and oxygen atoms in total. The number of aromatic nitrogens is 3. The highest BCUT2D eigenvalue weighted by Gasteiger charge is 2.07. The summed E-state index contributed by atoms with van der Waals surface area (Å²) in [5, 5.41) is 3.36. The van der Waals surface area contributed by atoms with E-state index in [1.807, 2.05) is 12.1 Å². The number of hydrogen-bond acceptors (Lipinski definition) is 4. The number of amides is 1. The van der Waals surface area contributed by atoms with Crippen molar-refractivity contribution in [2.75, 3.05) is 0 Å². The molecule has 2 aromatic heterocycles. The molecule has 0 aliphatic rings. The first-order chi connectivity index (χ1) is 13.1. The van der Waals surface area contributed by atoms with Gasteiger partial charge in [-0.2, -0.15) is 0 Å². The van der Waals surface area contributed by atoms with Crippen LogP contribution in [0, 0.1) is 0 Å². The lowest BCUT2D eigenvalue weighted by Gasteiger charge is -2.07. The highest BCUT2D eigenvalue weighted by molar-refractivity contribution is 5.77. The van der Waals surface area contributed by atoms with E-state index in [0.717, 1.165) is 12.0 Å². The third-order valence-corrected chi connectivity index (χ3v) is 4.39. The molecule has 3 aromatic rings. The maximum atomic E-state index is 12.4. The number of para-hydroxylation sites is 1. The zero-order valence-corrected chi connectivity index (χ0v) is 15.0. The highest BCUT2D eigenvalue weighted by atomic mass is 16.2. The second-order valence-electron chi connectivity index (χ2n) is 6.38. The standard InChI is InChI=1S/C20H22N4O3/c25-18(22-14-15-7-6-11-21-13-15)10-2-1-5-12-24-19(26)16-8-3-4-9-17(16)23-20(24)27/h3-4,6-9,11,13H,1-2,5,10,12,14H2,(H,22,25)(H,23,27). The minimum atomic E-state index is -0.395. The molecule has 27 heavy (non-hydrogen) atoms. The summed E-state index contributed by atoms with van der Waals surface area (Å²) in [7, 11) is 0. The van der Waals surface area contributed by atoms with E-state index in [1.165, 1.54) is 4.57 Å². The molecular weight excluding hydrogens is 344 g/mol. The number of fused-ring (bicyclic) bond motifs is 1. The third kappa shape index (κ3) is 4.91. The van der Waals surface area contributed by atoms with Crippen molar-refractivity contribution in [3.63, 3.8) is 0 Å². The van der Waals surface area contributed by atoms with Crippen molar-refractivity contribution in [2.24, 2.45) is 0 Å². The predicted molar refractivity (Wildman–Crippen MR) is 103 cm³/mol. The van der Waals surface area contributed by atoms with E-state index < -0.39 is 5.69 Å². The molecule has 140 valence electrons. The average molecular weight is 366 g/mol. The Kier molecular flexibility index (Phi) is 6.14. The number of aromatic amines is 1. The van der Waals surface area contributed by atoms with Gasteiger partial charge in [0.1, 0.15) is 0 Å². The average Bonchev–Trinajstić information content (AvgIpc) is 2.69. The van der Waals surface area contributed by atoms with Gasteiger partial charge < -0.3 is 10.3 Å². The molecule has 3 rings (SSSR count). The molecule has 7 heteroatoms. The molecule has 0 saturated carbocycles. The summed E-state index contributed by atoms with van der Waals surface area (Å²) in [5.41, 5.74) is 0.839. The summed E-state index contributed by atoms with van der Waals surface area (Å²) in [6, 6.07) is 10.7. The van der Waals surface area contributed by atoms with Gasteiger partial charge in [-0.05, 0) is 36.6 Å². The number of unbranched alkanes of at least 4 members (excludes halogenated alkanes) is 2. The SMILES string of the molecule is O=C(CCCCCn1c(=O)[nH]c2ccccc2c1=O)NCc1cccnc1. The number of carbonyl (C=O) groups excluding carboxylic acids is 1. The van der Waals surface area contributed by atoms with Crippen molar-refractivity contribution in [2.45, 2.75) is 38.8 Å². The van der Waals surface area contributed by atoms with E-state index in [1.54, 1.807) is 36.7 Å². The maximum Gasteiger partial charge on any atom is 0.328 e. The summed E-state index contributed by atoms with van der Waals surface area (Å²) >= 11 is 0. The molecule has 2 heterocycles. The Morgan fingerprint density at radius 1 is 1.07 bits per heavy atom. The number of hydrogen-bond donors (Lipinski definition) is 2. The summed E-state index contributed by atoms with van der Waals surface area (Å²) < 4.78 is 1.23. The van der Waals surface area contributed by atoms with Crippen LogP contribution in [-0.2, 0) is 17.9 Å². The molecule has 0 aliphatic heterocycles. The number of H-pyrrole nitrogens is 1. The van der Waals surface area contributed by atoms with Crippen LogP contribution in [0.5, 0.6) is 0 Å². The lowest BCUT2D eigenvalue weighted by molar-refractivity contribution is -0.121. The molecule has 1 amide bonds. The largest absolute Gasteiger partial charge is 0.352 e. The van der Waals surface area contributed by atoms with Gasteiger partial charge >= 0.3 is 5.69 Å². The van der Waals surface area contributed by atoms with E-state index in [4.69, 9.17) is 0 Å². The monoisotopic (exact) mass is 366 g/mol. The fraction of sp³-hybridized carbons (Fsp3) is 0.300. The van der Waals surface area contributed by atoms with Crippen molar-refractivity contribution in [3.05, 3.63) is 75.2 Å². The van der Waals surface area contributed by atoms with Gasteiger partial charge in [0.15, 0.2) is 0 Å². The van der Waals surface area contributed by atoms with Gasteiger partial charge in [-0.3, -0.25) is 19.1 Å². The summed E-state index contributed by atoms with van der Waals surface area (Å²) in [4.78, 5) is 43.1. The third-order valence-electron chi connectivity index (χ3n) is 4.39. The molecular formula is C20H22N4O3. The van der Waals surface area contributed by atoms with Crippen LogP contribution in [0.25, 0.3) is 10.9 Å². The van der Waals surface area contributed by atoms with Crippen LogP contribution in [0.4, 0.5) is 0 Å². The molecule has 0 atom stereocenters. The Hall–Kier alpha value is -3.22. The van der Waals surface area contributed by atoms with Crippen LogP contribution >= 0.6 is 0 Å². The van der Waals surface area contributed by atoms with E-state index in [9.17, 15) is 14.4 Å². The lowest BCUT2D eigenvalue weighted by Crippen LogP contribution is -2.35. The van der Waals surface area contributed by atoms with Crippen LogP contribution in [0.3, 0.4) is 0 Å². The second-order valence-corrected chi connectivity index (χ2v) is 6.38. The van der Waals surface area contributed by atoms with Crippen molar-refractivity contribution in [1.29, 1.82) is 0 Å². The fourth-order valence-electron chi connectivity index (χ4n) is 2.93. The summed E-state index contributed by atoms with van der Waals surface area (Å²) in [6.45, 7) is 0.810. The van der Waals surface area contributed by atoms with Crippen molar-refractivity contribution in [1.82, 2.24) is 19.9 Å². The molecule has 0 bridgehead atoms. The Bertz CT molecular complexity index is 1020. The van der Waals surface area contributed by atoms with Gasteiger partial charge in [-0.1, -0.05) is 24.6 Å². The van der Waals surface area contributed by atoms with Gasteiger partial charge in [0.05, 0.1) is 10.9 Å². The van der Waals surface area contributed by atoms with Crippen LogP contribution in [0.1, 0.15) is 31.2 Å². The minimum absolute atomic E-state index is 0.0143. The van der Waals surface area contributed by atoms with Crippen molar-refractivity contribution < 1.29 is 4.79 Å². The Morgan fingerprint density at radius 2 is 1.93 bits per heavy atom. The predicted octanol–water partition coefficient (Wildman–Crippen LogP) is 1.96. The molecule has 1 aromatic carbocycles. The highest BCUT2D eigenvalue weighted by Crippen LogP contribution is 2.05. The Labute approximate surface area is 156 Å². The van der Waals surface area contributed by atoms with Crippen LogP contribution in [-0.4, -0.2) is 20.4 Å². The number of rotatable bonds is 8. The molecule has 0 saturated heterocycles. The first kappa shape index (κ1) is 18.6. The van der Waals surface area contributed by atoms with E-state index in [2.05, 4.69) is 15.3 Å². The zero-order valence-electron chi connectivity index (χ0n) is 15.0. The molecule has 0 unspecified atom stereocenters. The second kappa shape index (κ2) is 8.93. The molecule has 0 aliphatic carbocycles. The number of nitrogens with zero attached hydrogens (tertiary/aromatic N) is 2. The molecule has 0 fully saturated rings. The lowest BCUT2D eigenvalue weighted by atomic mass is 10.2. The van der Waals surface area contributed by atoms with Crippen molar-refractivity contribution >= 4 is 16.8 Å². The summed E-state index contributed by atoms with van der Waals surface area (Å²) in [5.74, 6) is -0.0143. The first-order valence-electron chi connectivity index (χ1n) is 9.02. The molecule has 0 radical (unpaired) electrons. The minimum Gasteiger partial charge on any atom is -0.352 e. The normalized spacial score (nSPS) is 10.8. The van der Waals surface area contributed by atoms with E-state index in [-0.39, 0.29) is 11.5 Å². The smallest absolute Gasteiger partial charge is 0.328 e. The maximum absolute atomic E-state index is 12.4. The van der Waals surface area contributed by atoms with Gasteiger partial charge in [-0.15, -0.1) is 0 Å².